The molecule has 0 saturated heterocycles. The molecule has 6 nitrogen and oxygen atoms in total. The fraction of sp³-hybridized carbons (Fsp3) is 0.333. The van der Waals surface area contributed by atoms with Crippen LogP contribution in [0.1, 0.15) is 32.4 Å². The van der Waals surface area contributed by atoms with Crippen molar-refractivity contribution in [1.29, 1.82) is 0 Å². The maximum atomic E-state index is 13.4. The summed E-state index contributed by atoms with van der Waals surface area (Å²) in [4.78, 5) is 19.6. The first kappa shape index (κ1) is 17.3. The summed E-state index contributed by atoms with van der Waals surface area (Å²) in [6.07, 6.45) is 3.26. The summed E-state index contributed by atoms with van der Waals surface area (Å²) in [6, 6.07) is 9.22. The Morgan fingerprint density at radius 2 is 2.04 bits per heavy atom. The van der Waals surface area contributed by atoms with Gasteiger partial charge < -0.3 is 9.47 Å². The predicted molar refractivity (Wildman–Crippen MR) is 99.8 cm³/mol. The van der Waals surface area contributed by atoms with Crippen LogP contribution in [0.4, 0.5) is 0 Å². The maximum absolute atomic E-state index is 13.4. The van der Waals surface area contributed by atoms with Gasteiger partial charge >= 0.3 is 0 Å². The van der Waals surface area contributed by atoms with Crippen molar-refractivity contribution in [3.8, 4) is 0 Å². The van der Waals surface area contributed by atoms with E-state index < -0.39 is 6.04 Å². The summed E-state index contributed by atoms with van der Waals surface area (Å²) in [7, 11) is 0. The Morgan fingerprint density at radius 1 is 1.32 bits per heavy atom. The minimum Gasteiger partial charge on any atom is -0.338 e. The standard InChI is InChI=1S/C18H21N5OS/c1-4-22(12(2)3)17(24)15(13-8-6-5-7-9-13)23-11-19-16-14(18(23)25)10-20-21-16/h5-12,15H,4H2,1-3H3,(H,20,21). The molecule has 0 aliphatic carbocycles. The highest BCUT2D eigenvalue weighted by molar-refractivity contribution is 7.71. The second kappa shape index (κ2) is 7.14. The number of aromatic amines is 1. The Morgan fingerprint density at radius 3 is 2.68 bits per heavy atom. The Balaban J connectivity index is 2.18. The quantitative estimate of drug-likeness (QED) is 0.713. The molecule has 1 aromatic carbocycles. The zero-order valence-corrected chi connectivity index (χ0v) is 15.3. The van der Waals surface area contributed by atoms with E-state index in [1.54, 1.807) is 17.1 Å². The molecule has 25 heavy (non-hydrogen) atoms. The largest absolute Gasteiger partial charge is 0.338 e. The molecule has 0 spiro atoms. The number of amides is 1. The van der Waals surface area contributed by atoms with E-state index in [-0.39, 0.29) is 11.9 Å². The highest BCUT2D eigenvalue weighted by atomic mass is 32.1. The first-order valence-corrected chi connectivity index (χ1v) is 8.71. The number of nitrogens with one attached hydrogen (secondary N) is 1. The van der Waals surface area contributed by atoms with E-state index in [1.165, 1.54) is 0 Å². The van der Waals surface area contributed by atoms with Crippen molar-refractivity contribution in [2.45, 2.75) is 32.9 Å². The molecule has 130 valence electrons. The van der Waals surface area contributed by atoms with Gasteiger partial charge in [-0.05, 0) is 26.3 Å². The first-order valence-electron chi connectivity index (χ1n) is 8.30. The van der Waals surface area contributed by atoms with Crippen LogP contribution >= 0.6 is 12.2 Å². The Kier molecular flexibility index (Phi) is 4.94. The summed E-state index contributed by atoms with van der Waals surface area (Å²) >= 11 is 5.62. The van der Waals surface area contributed by atoms with Crippen molar-refractivity contribution in [2.24, 2.45) is 0 Å². The van der Waals surface area contributed by atoms with Gasteiger partial charge in [0.15, 0.2) is 5.65 Å². The number of carbonyl (C=O) groups is 1. The summed E-state index contributed by atoms with van der Waals surface area (Å²) in [5.74, 6) is 0.00412. The zero-order valence-electron chi connectivity index (χ0n) is 14.5. The highest BCUT2D eigenvalue weighted by Gasteiger charge is 2.28. The number of benzene rings is 1. The van der Waals surface area contributed by atoms with Crippen LogP contribution in [0.3, 0.4) is 0 Å². The molecule has 0 bridgehead atoms. The third-order valence-corrected chi connectivity index (χ3v) is 4.70. The number of nitrogens with zero attached hydrogens (tertiary/aromatic N) is 4. The van der Waals surface area contributed by atoms with Crippen LogP contribution in [0.2, 0.25) is 0 Å². The molecule has 1 amide bonds. The highest BCUT2D eigenvalue weighted by Crippen LogP contribution is 2.24. The van der Waals surface area contributed by atoms with Crippen LogP contribution in [0.25, 0.3) is 11.0 Å². The lowest BCUT2D eigenvalue weighted by atomic mass is 10.0. The second-order valence-electron chi connectivity index (χ2n) is 6.12. The number of carbonyl (C=O) groups excluding carboxylic acids is 1. The van der Waals surface area contributed by atoms with E-state index >= 15 is 0 Å². The lowest BCUT2D eigenvalue weighted by Crippen LogP contribution is -2.42. The summed E-state index contributed by atoms with van der Waals surface area (Å²) in [5.41, 5.74) is 1.50. The molecule has 0 fully saturated rings. The van der Waals surface area contributed by atoms with Crippen molar-refractivity contribution in [3.63, 3.8) is 0 Å². The Bertz CT molecular complexity index is 931. The Hall–Kier alpha value is -2.54. The van der Waals surface area contributed by atoms with Gasteiger partial charge in [-0.15, -0.1) is 0 Å². The molecular formula is C18H21N5OS. The molecule has 3 rings (SSSR count). The second-order valence-corrected chi connectivity index (χ2v) is 6.51. The molecule has 0 saturated carbocycles. The van der Waals surface area contributed by atoms with Crippen LogP contribution in [-0.4, -0.2) is 43.1 Å². The van der Waals surface area contributed by atoms with Crippen molar-refractivity contribution in [2.75, 3.05) is 6.54 Å². The normalized spacial score (nSPS) is 12.5. The van der Waals surface area contributed by atoms with Gasteiger partial charge in [0.25, 0.3) is 5.91 Å². The number of aromatic nitrogens is 4. The van der Waals surface area contributed by atoms with Gasteiger partial charge in [-0.2, -0.15) is 5.10 Å². The number of likely N-dealkylation sites (N-methyl/N-ethyl adjacent to an activating group) is 1. The summed E-state index contributed by atoms with van der Waals surface area (Å²) in [6.45, 7) is 6.64. The average molecular weight is 355 g/mol. The molecular weight excluding hydrogens is 334 g/mol. The zero-order chi connectivity index (χ0) is 18.0. The van der Waals surface area contributed by atoms with Crippen LogP contribution in [0.15, 0.2) is 42.9 Å². The third-order valence-electron chi connectivity index (χ3n) is 4.27. The van der Waals surface area contributed by atoms with E-state index in [2.05, 4.69) is 15.2 Å². The molecule has 0 aliphatic heterocycles. The number of fused-ring (bicyclic) bond motifs is 1. The summed E-state index contributed by atoms with van der Waals surface area (Å²) in [5, 5.41) is 7.54. The van der Waals surface area contributed by atoms with Crippen LogP contribution in [-0.2, 0) is 4.79 Å². The minimum absolute atomic E-state index is 0.00412. The van der Waals surface area contributed by atoms with Crippen LogP contribution in [0, 0.1) is 4.64 Å². The van der Waals surface area contributed by atoms with E-state index in [0.29, 0.717) is 16.8 Å². The third kappa shape index (κ3) is 3.19. The summed E-state index contributed by atoms with van der Waals surface area (Å²) < 4.78 is 2.30. The number of rotatable bonds is 5. The first-order chi connectivity index (χ1) is 12.0. The van der Waals surface area contributed by atoms with Crippen molar-refractivity contribution < 1.29 is 4.79 Å². The number of hydrogen-bond donors (Lipinski definition) is 1. The van der Waals surface area contributed by atoms with Crippen molar-refractivity contribution in [3.05, 3.63) is 53.1 Å². The molecule has 1 N–H and O–H groups in total. The minimum atomic E-state index is -0.553. The molecule has 2 heterocycles. The van der Waals surface area contributed by atoms with Crippen LogP contribution < -0.4 is 0 Å². The monoisotopic (exact) mass is 355 g/mol. The fourth-order valence-corrected chi connectivity index (χ4v) is 3.32. The molecule has 7 heteroatoms. The van der Waals surface area contributed by atoms with E-state index in [0.717, 1.165) is 10.9 Å². The van der Waals surface area contributed by atoms with Gasteiger partial charge in [0, 0.05) is 12.6 Å². The van der Waals surface area contributed by atoms with E-state index in [4.69, 9.17) is 12.2 Å². The molecule has 1 unspecified atom stereocenters. The van der Waals surface area contributed by atoms with Gasteiger partial charge in [-0.1, -0.05) is 42.5 Å². The van der Waals surface area contributed by atoms with E-state index in [1.807, 2.05) is 56.0 Å². The lowest BCUT2D eigenvalue weighted by Gasteiger charge is -2.31. The van der Waals surface area contributed by atoms with Gasteiger partial charge in [0.05, 0.1) is 17.9 Å². The fourth-order valence-electron chi connectivity index (χ4n) is 3.02. The molecule has 0 aliphatic rings. The molecule has 0 radical (unpaired) electrons. The smallest absolute Gasteiger partial charge is 0.250 e. The van der Waals surface area contributed by atoms with Gasteiger partial charge in [0.2, 0.25) is 0 Å². The van der Waals surface area contributed by atoms with Crippen molar-refractivity contribution in [1.82, 2.24) is 24.6 Å². The SMILES string of the molecule is CCN(C(=O)C(c1ccccc1)n1cnc2[nH]ncc2c1=S)C(C)C. The number of H-pyrrole nitrogens is 1. The topological polar surface area (TPSA) is 66.8 Å². The van der Waals surface area contributed by atoms with E-state index in [9.17, 15) is 4.79 Å². The Labute approximate surface area is 151 Å². The average Bonchev–Trinajstić information content (AvgIpc) is 3.08. The lowest BCUT2D eigenvalue weighted by molar-refractivity contribution is -0.135. The molecule has 3 aromatic rings. The van der Waals surface area contributed by atoms with Crippen LogP contribution in [0.5, 0.6) is 0 Å². The maximum Gasteiger partial charge on any atom is 0.250 e. The predicted octanol–water partition coefficient (Wildman–Crippen LogP) is 3.34. The molecule has 2 aromatic heterocycles. The van der Waals surface area contributed by atoms with Crippen molar-refractivity contribution >= 4 is 29.2 Å². The molecule has 1 atom stereocenters. The van der Waals surface area contributed by atoms with Gasteiger partial charge in [-0.3, -0.25) is 9.89 Å². The van der Waals surface area contributed by atoms with Gasteiger partial charge in [0.1, 0.15) is 10.7 Å². The van der Waals surface area contributed by atoms with Gasteiger partial charge in [-0.25, -0.2) is 4.98 Å². The number of hydrogen-bond acceptors (Lipinski definition) is 4.